The third kappa shape index (κ3) is 4.53. The lowest BCUT2D eigenvalue weighted by atomic mass is 9.99. The molecule has 2 atom stereocenters. The summed E-state index contributed by atoms with van der Waals surface area (Å²) in [6.45, 7) is 3.53. The van der Waals surface area contributed by atoms with Crippen LogP contribution in [0, 0.1) is 5.92 Å². The van der Waals surface area contributed by atoms with E-state index >= 15 is 0 Å². The molecule has 0 bridgehead atoms. The van der Waals surface area contributed by atoms with Gasteiger partial charge in [0.1, 0.15) is 23.2 Å². The number of benzene rings is 2. The lowest BCUT2D eigenvalue weighted by Crippen LogP contribution is -2.45. The van der Waals surface area contributed by atoms with Crippen molar-refractivity contribution in [2.24, 2.45) is 5.92 Å². The molecule has 2 unspecified atom stereocenters. The van der Waals surface area contributed by atoms with E-state index in [4.69, 9.17) is 4.42 Å². The molecule has 0 aliphatic heterocycles. The summed E-state index contributed by atoms with van der Waals surface area (Å²) in [5.74, 6) is -1.38. The Morgan fingerprint density at radius 1 is 1.10 bits per heavy atom. The van der Waals surface area contributed by atoms with Crippen LogP contribution in [0.25, 0.3) is 21.9 Å². The van der Waals surface area contributed by atoms with Crippen molar-refractivity contribution in [2.45, 2.75) is 38.5 Å². The van der Waals surface area contributed by atoms with Crippen molar-refractivity contribution < 1.29 is 27.5 Å². The van der Waals surface area contributed by atoms with Crippen LogP contribution in [0.1, 0.15) is 31.9 Å². The van der Waals surface area contributed by atoms with Gasteiger partial charge in [0.15, 0.2) is 0 Å². The van der Waals surface area contributed by atoms with E-state index in [0.29, 0.717) is 16.6 Å². The van der Waals surface area contributed by atoms with E-state index in [1.807, 2.05) is 31.1 Å². The maximum atomic E-state index is 13.8. The summed E-state index contributed by atoms with van der Waals surface area (Å²) >= 11 is 0. The average molecular weight is 422 g/mol. The molecular formula is C22H25F3N2O3. The minimum atomic E-state index is -4.66. The molecule has 2 aromatic carbocycles. The SMILES string of the molecule is CC(C)CC(NC(c1ccc2c(c1)oc1ccc(N(C)C)cc12)C(F)(F)F)C(=O)O. The van der Waals surface area contributed by atoms with Crippen LogP contribution >= 0.6 is 0 Å². The maximum absolute atomic E-state index is 13.8. The molecule has 2 N–H and O–H groups in total. The smallest absolute Gasteiger partial charge is 0.407 e. The van der Waals surface area contributed by atoms with E-state index in [-0.39, 0.29) is 17.9 Å². The topological polar surface area (TPSA) is 65.7 Å². The second-order valence-corrected chi connectivity index (χ2v) is 8.09. The largest absolute Gasteiger partial charge is 0.480 e. The fraction of sp³-hybridized carbons (Fsp3) is 0.409. The molecule has 3 rings (SSSR count). The normalized spacial score (nSPS) is 14.4. The first-order chi connectivity index (χ1) is 14.0. The molecule has 0 saturated heterocycles. The number of carboxylic acid groups (broad SMARTS) is 1. The Balaban J connectivity index is 2.04. The van der Waals surface area contributed by atoms with Gasteiger partial charge in [-0.25, -0.2) is 0 Å². The van der Waals surface area contributed by atoms with E-state index in [0.717, 1.165) is 11.1 Å². The number of alkyl halides is 3. The van der Waals surface area contributed by atoms with Gasteiger partial charge in [-0.05, 0) is 42.2 Å². The monoisotopic (exact) mass is 422 g/mol. The lowest BCUT2D eigenvalue weighted by molar-refractivity contribution is -0.163. The summed E-state index contributed by atoms with van der Waals surface area (Å²) in [5.41, 5.74) is 1.76. The van der Waals surface area contributed by atoms with E-state index < -0.39 is 24.2 Å². The summed E-state index contributed by atoms with van der Waals surface area (Å²) in [4.78, 5) is 13.4. The predicted molar refractivity (Wildman–Crippen MR) is 111 cm³/mol. The number of hydrogen-bond donors (Lipinski definition) is 2. The summed E-state index contributed by atoms with van der Waals surface area (Å²) in [6.07, 6.45) is -4.58. The number of halogens is 3. The molecule has 0 aliphatic rings. The van der Waals surface area contributed by atoms with Crippen molar-refractivity contribution in [1.82, 2.24) is 5.32 Å². The van der Waals surface area contributed by atoms with Gasteiger partial charge in [-0.3, -0.25) is 10.1 Å². The molecule has 5 nitrogen and oxygen atoms in total. The Morgan fingerprint density at radius 2 is 1.80 bits per heavy atom. The summed E-state index contributed by atoms with van der Waals surface area (Å²) in [5, 5.41) is 13.2. The van der Waals surface area contributed by atoms with E-state index in [1.165, 1.54) is 12.1 Å². The zero-order chi connectivity index (χ0) is 22.2. The number of nitrogens with one attached hydrogen (secondary N) is 1. The van der Waals surface area contributed by atoms with Crippen molar-refractivity contribution in [3.05, 3.63) is 42.0 Å². The van der Waals surface area contributed by atoms with Gasteiger partial charge in [0.2, 0.25) is 0 Å². The quantitative estimate of drug-likeness (QED) is 0.538. The summed E-state index contributed by atoms with van der Waals surface area (Å²) in [7, 11) is 3.80. The first-order valence-electron chi connectivity index (χ1n) is 9.66. The van der Waals surface area contributed by atoms with Crippen LogP contribution in [0.5, 0.6) is 0 Å². The first-order valence-corrected chi connectivity index (χ1v) is 9.66. The van der Waals surface area contributed by atoms with Gasteiger partial charge in [0, 0.05) is 30.6 Å². The second kappa shape index (κ2) is 8.18. The van der Waals surface area contributed by atoms with E-state index in [9.17, 15) is 23.1 Å². The molecular weight excluding hydrogens is 397 g/mol. The summed E-state index contributed by atoms with van der Waals surface area (Å²) in [6, 6.07) is 6.45. The fourth-order valence-electron chi connectivity index (χ4n) is 3.53. The van der Waals surface area contributed by atoms with Crippen molar-refractivity contribution in [3.63, 3.8) is 0 Å². The molecule has 1 heterocycles. The molecule has 0 aliphatic carbocycles. The first kappa shape index (κ1) is 22.0. The molecule has 30 heavy (non-hydrogen) atoms. The molecule has 0 amide bonds. The number of nitrogens with zero attached hydrogens (tertiary/aromatic N) is 1. The number of rotatable bonds is 7. The Bertz CT molecular complexity index is 1060. The van der Waals surface area contributed by atoms with Gasteiger partial charge in [-0.15, -0.1) is 0 Å². The van der Waals surface area contributed by atoms with Crippen LogP contribution in [-0.4, -0.2) is 37.4 Å². The van der Waals surface area contributed by atoms with Crippen LogP contribution in [-0.2, 0) is 4.79 Å². The highest BCUT2D eigenvalue weighted by molar-refractivity contribution is 6.06. The molecule has 0 saturated carbocycles. The predicted octanol–water partition coefficient (Wildman–Crippen LogP) is 5.34. The molecule has 0 spiro atoms. The summed E-state index contributed by atoms with van der Waals surface area (Å²) < 4.78 is 47.2. The molecule has 3 aromatic rings. The van der Waals surface area contributed by atoms with Crippen LogP contribution < -0.4 is 10.2 Å². The number of furan rings is 1. The number of anilines is 1. The average Bonchev–Trinajstić information content (AvgIpc) is 3.00. The second-order valence-electron chi connectivity index (χ2n) is 8.09. The van der Waals surface area contributed by atoms with Crippen LogP contribution in [0.3, 0.4) is 0 Å². The van der Waals surface area contributed by atoms with Crippen molar-refractivity contribution >= 4 is 33.6 Å². The highest BCUT2D eigenvalue weighted by Gasteiger charge is 2.43. The minimum absolute atomic E-state index is 0.0729. The lowest BCUT2D eigenvalue weighted by Gasteiger charge is -2.26. The zero-order valence-electron chi connectivity index (χ0n) is 17.2. The Labute approximate surface area is 172 Å². The molecule has 0 fully saturated rings. The van der Waals surface area contributed by atoms with Gasteiger partial charge in [0.05, 0.1) is 0 Å². The fourth-order valence-corrected chi connectivity index (χ4v) is 3.53. The Morgan fingerprint density at radius 3 is 2.37 bits per heavy atom. The van der Waals surface area contributed by atoms with Crippen molar-refractivity contribution in [1.29, 1.82) is 0 Å². The van der Waals surface area contributed by atoms with Crippen LogP contribution in [0.15, 0.2) is 40.8 Å². The number of aliphatic carboxylic acids is 1. The molecule has 162 valence electrons. The third-order valence-corrected chi connectivity index (χ3v) is 5.03. The standard InChI is InChI=1S/C22H25F3N2O3/c1-12(2)9-17(21(28)29)26-20(22(23,24)25)13-5-7-15-16-11-14(27(3)4)6-8-18(16)30-19(15)10-13/h5-8,10-12,17,20,26H,9H2,1-4H3,(H,28,29). The van der Waals surface area contributed by atoms with Gasteiger partial charge in [-0.1, -0.05) is 26.0 Å². The minimum Gasteiger partial charge on any atom is -0.480 e. The van der Waals surface area contributed by atoms with Gasteiger partial charge in [-0.2, -0.15) is 13.2 Å². The van der Waals surface area contributed by atoms with E-state index in [1.54, 1.807) is 26.0 Å². The Kier molecular flexibility index (Phi) is 5.99. The highest BCUT2D eigenvalue weighted by atomic mass is 19.4. The maximum Gasteiger partial charge on any atom is 0.407 e. The highest BCUT2D eigenvalue weighted by Crippen LogP contribution is 2.37. The molecule has 1 aromatic heterocycles. The van der Waals surface area contributed by atoms with E-state index in [2.05, 4.69) is 5.32 Å². The number of hydrogen-bond acceptors (Lipinski definition) is 4. The van der Waals surface area contributed by atoms with Crippen LogP contribution in [0.2, 0.25) is 0 Å². The number of carbonyl (C=O) groups is 1. The van der Waals surface area contributed by atoms with Gasteiger partial charge < -0.3 is 14.4 Å². The number of carboxylic acids is 1. The molecule has 0 radical (unpaired) electrons. The van der Waals surface area contributed by atoms with Gasteiger partial charge >= 0.3 is 12.1 Å². The number of fused-ring (bicyclic) bond motifs is 3. The third-order valence-electron chi connectivity index (χ3n) is 5.03. The Hall–Kier alpha value is -2.74. The zero-order valence-corrected chi connectivity index (χ0v) is 17.2. The molecule has 8 heteroatoms. The van der Waals surface area contributed by atoms with Crippen molar-refractivity contribution in [3.8, 4) is 0 Å². The van der Waals surface area contributed by atoms with Crippen LogP contribution in [0.4, 0.5) is 18.9 Å². The van der Waals surface area contributed by atoms with Crippen molar-refractivity contribution in [2.75, 3.05) is 19.0 Å². The van der Waals surface area contributed by atoms with Gasteiger partial charge in [0.25, 0.3) is 0 Å².